The van der Waals surface area contributed by atoms with Crippen molar-refractivity contribution < 1.29 is 4.79 Å². The molecule has 2 aliphatic rings. The van der Waals surface area contributed by atoms with Gasteiger partial charge in [-0.25, -0.2) is 0 Å². The average molecular weight is 329 g/mol. The Labute approximate surface area is 146 Å². The first-order valence-corrected chi connectivity index (χ1v) is 9.50. The second kappa shape index (κ2) is 8.13. The van der Waals surface area contributed by atoms with Crippen LogP contribution in [0.4, 0.5) is 0 Å². The zero-order valence-electron chi connectivity index (χ0n) is 14.9. The molecule has 0 bridgehead atoms. The molecule has 0 spiro atoms. The Balaban J connectivity index is 1.67. The first kappa shape index (κ1) is 17.4. The molecule has 1 aliphatic carbocycles. The minimum absolute atomic E-state index is 0.242. The van der Waals surface area contributed by atoms with Crippen LogP contribution in [0.25, 0.3) is 0 Å². The Morgan fingerprint density at radius 1 is 1.17 bits per heavy atom. The zero-order chi connectivity index (χ0) is 16.8. The van der Waals surface area contributed by atoms with Gasteiger partial charge in [0.25, 0.3) is 0 Å². The maximum Gasteiger partial charge on any atom is 0.230 e. The highest BCUT2D eigenvalue weighted by molar-refractivity contribution is 5.88. The minimum Gasteiger partial charge on any atom is -0.354 e. The van der Waals surface area contributed by atoms with Crippen LogP contribution in [0.3, 0.4) is 0 Å². The summed E-state index contributed by atoms with van der Waals surface area (Å²) < 4.78 is 0. The number of rotatable bonds is 5. The molecule has 4 nitrogen and oxygen atoms in total. The van der Waals surface area contributed by atoms with Crippen LogP contribution in [0.15, 0.2) is 24.3 Å². The van der Waals surface area contributed by atoms with Crippen molar-refractivity contribution >= 4 is 5.91 Å². The number of aryl methyl sites for hydroxylation is 1. The summed E-state index contributed by atoms with van der Waals surface area (Å²) in [5.74, 6) is 0.242. The lowest BCUT2D eigenvalue weighted by Gasteiger charge is -2.37. The number of benzene rings is 1. The topological polar surface area (TPSA) is 44.4 Å². The first-order valence-electron chi connectivity index (χ1n) is 9.50. The molecule has 132 valence electrons. The lowest BCUT2D eigenvalue weighted by atomic mass is 9.67. The lowest BCUT2D eigenvalue weighted by molar-refractivity contribution is -0.128. The van der Waals surface area contributed by atoms with Gasteiger partial charge in [-0.05, 0) is 30.9 Å². The average Bonchev–Trinajstić information content (AvgIpc) is 2.63. The van der Waals surface area contributed by atoms with Crippen LogP contribution in [0.1, 0.15) is 43.2 Å². The molecule has 1 saturated carbocycles. The van der Waals surface area contributed by atoms with E-state index >= 15 is 0 Å². The predicted octanol–water partition coefficient (Wildman–Crippen LogP) is 2.22. The van der Waals surface area contributed by atoms with E-state index < -0.39 is 0 Å². The first-order chi connectivity index (χ1) is 11.7. The molecular formula is C20H31N3O. The molecule has 3 rings (SSSR count). The smallest absolute Gasteiger partial charge is 0.230 e. The number of amides is 1. The predicted molar refractivity (Wildman–Crippen MR) is 98.3 cm³/mol. The Morgan fingerprint density at radius 3 is 2.58 bits per heavy atom. The van der Waals surface area contributed by atoms with Gasteiger partial charge in [-0.1, -0.05) is 43.5 Å². The molecule has 1 aliphatic heterocycles. The van der Waals surface area contributed by atoms with Crippen molar-refractivity contribution in [3.05, 3.63) is 35.4 Å². The van der Waals surface area contributed by atoms with E-state index in [1.54, 1.807) is 0 Å². The van der Waals surface area contributed by atoms with E-state index in [4.69, 9.17) is 0 Å². The zero-order valence-corrected chi connectivity index (χ0v) is 14.9. The van der Waals surface area contributed by atoms with E-state index in [0.29, 0.717) is 0 Å². The Bertz CT molecular complexity index is 546. The number of hydrogen-bond donors (Lipinski definition) is 2. The van der Waals surface area contributed by atoms with Crippen molar-refractivity contribution in [2.75, 3.05) is 39.3 Å². The second-order valence-corrected chi connectivity index (χ2v) is 7.31. The van der Waals surface area contributed by atoms with Crippen molar-refractivity contribution in [2.45, 2.75) is 44.4 Å². The van der Waals surface area contributed by atoms with E-state index in [1.165, 1.54) is 17.5 Å². The van der Waals surface area contributed by atoms with Gasteiger partial charge in [0.15, 0.2) is 0 Å². The summed E-state index contributed by atoms with van der Waals surface area (Å²) >= 11 is 0. The fourth-order valence-electron chi connectivity index (χ4n) is 4.32. The maximum absolute atomic E-state index is 13.2. The van der Waals surface area contributed by atoms with Crippen molar-refractivity contribution in [1.82, 2.24) is 15.5 Å². The molecule has 0 radical (unpaired) electrons. The van der Waals surface area contributed by atoms with Gasteiger partial charge in [-0.2, -0.15) is 0 Å². The van der Waals surface area contributed by atoms with Crippen LogP contribution in [0, 0.1) is 6.92 Å². The summed E-state index contributed by atoms with van der Waals surface area (Å²) in [6.07, 6.45) is 5.52. The van der Waals surface area contributed by atoms with Gasteiger partial charge in [0.1, 0.15) is 0 Å². The highest BCUT2D eigenvalue weighted by Crippen LogP contribution is 2.41. The van der Waals surface area contributed by atoms with Crippen LogP contribution in [-0.2, 0) is 10.2 Å². The third kappa shape index (κ3) is 3.81. The third-order valence-corrected chi connectivity index (χ3v) is 5.73. The molecule has 0 unspecified atom stereocenters. The number of piperazine rings is 1. The largest absolute Gasteiger partial charge is 0.354 e. The lowest BCUT2D eigenvalue weighted by Crippen LogP contribution is -2.50. The van der Waals surface area contributed by atoms with Gasteiger partial charge in [0, 0.05) is 39.3 Å². The van der Waals surface area contributed by atoms with Crippen LogP contribution >= 0.6 is 0 Å². The summed E-state index contributed by atoms with van der Waals surface area (Å²) in [5, 5.41) is 6.64. The van der Waals surface area contributed by atoms with E-state index in [0.717, 1.165) is 65.0 Å². The quantitative estimate of drug-likeness (QED) is 0.871. The normalized spacial score (nSPS) is 21.4. The van der Waals surface area contributed by atoms with Crippen molar-refractivity contribution in [3.8, 4) is 0 Å². The molecule has 1 saturated heterocycles. The van der Waals surface area contributed by atoms with Gasteiger partial charge in [-0.15, -0.1) is 0 Å². The number of carbonyl (C=O) groups excluding carboxylic acids is 1. The minimum atomic E-state index is -0.312. The van der Waals surface area contributed by atoms with Crippen LogP contribution in [0.2, 0.25) is 0 Å². The summed E-state index contributed by atoms with van der Waals surface area (Å²) in [7, 11) is 0. The van der Waals surface area contributed by atoms with Gasteiger partial charge < -0.3 is 10.6 Å². The molecule has 0 aromatic heterocycles. The molecule has 24 heavy (non-hydrogen) atoms. The molecular weight excluding hydrogens is 298 g/mol. The molecule has 1 aromatic rings. The summed E-state index contributed by atoms with van der Waals surface area (Å²) in [4.78, 5) is 15.6. The van der Waals surface area contributed by atoms with Gasteiger partial charge in [0.05, 0.1) is 5.41 Å². The molecule has 1 heterocycles. The van der Waals surface area contributed by atoms with Crippen molar-refractivity contribution in [2.24, 2.45) is 0 Å². The number of nitrogens with one attached hydrogen (secondary N) is 2. The Kier molecular flexibility index (Phi) is 5.90. The summed E-state index contributed by atoms with van der Waals surface area (Å²) in [6.45, 7) is 8.13. The number of carbonyl (C=O) groups is 1. The summed E-state index contributed by atoms with van der Waals surface area (Å²) in [6, 6.07) is 8.45. The van der Waals surface area contributed by atoms with Gasteiger partial charge in [0.2, 0.25) is 5.91 Å². The van der Waals surface area contributed by atoms with Crippen LogP contribution < -0.4 is 10.6 Å². The van der Waals surface area contributed by atoms with Crippen molar-refractivity contribution in [3.63, 3.8) is 0 Å². The number of hydrogen-bond acceptors (Lipinski definition) is 3. The molecule has 4 heteroatoms. The highest BCUT2D eigenvalue weighted by atomic mass is 16.2. The van der Waals surface area contributed by atoms with Crippen molar-refractivity contribution in [1.29, 1.82) is 0 Å². The Hall–Kier alpha value is -1.39. The van der Waals surface area contributed by atoms with Gasteiger partial charge >= 0.3 is 0 Å². The number of nitrogens with zero attached hydrogens (tertiary/aromatic N) is 1. The molecule has 1 amide bonds. The van der Waals surface area contributed by atoms with Crippen LogP contribution in [0.5, 0.6) is 0 Å². The van der Waals surface area contributed by atoms with Crippen LogP contribution in [-0.4, -0.2) is 50.1 Å². The summed E-state index contributed by atoms with van der Waals surface area (Å²) in [5.41, 5.74) is 2.17. The highest BCUT2D eigenvalue weighted by Gasteiger charge is 2.41. The molecule has 0 atom stereocenters. The van der Waals surface area contributed by atoms with E-state index in [-0.39, 0.29) is 11.3 Å². The van der Waals surface area contributed by atoms with Gasteiger partial charge in [-0.3, -0.25) is 9.69 Å². The SMILES string of the molecule is Cc1ccccc1C1(C(=O)NCCN2CCNCC2)CCCCC1. The van der Waals surface area contributed by atoms with E-state index in [1.807, 2.05) is 0 Å². The van der Waals surface area contributed by atoms with E-state index in [2.05, 4.69) is 46.7 Å². The molecule has 2 N–H and O–H groups in total. The Morgan fingerprint density at radius 2 is 1.88 bits per heavy atom. The van der Waals surface area contributed by atoms with E-state index in [9.17, 15) is 4.79 Å². The fraction of sp³-hybridized carbons (Fsp3) is 0.650. The fourth-order valence-corrected chi connectivity index (χ4v) is 4.32. The molecule has 1 aromatic carbocycles. The molecule has 2 fully saturated rings. The standard InChI is InChI=1S/C20H31N3O/c1-17-7-3-4-8-18(17)20(9-5-2-6-10-20)19(24)22-13-16-23-14-11-21-12-15-23/h3-4,7-8,21H,2,5-6,9-16H2,1H3,(H,22,24). The third-order valence-electron chi connectivity index (χ3n) is 5.73. The maximum atomic E-state index is 13.2. The monoisotopic (exact) mass is 329 g/mol. The second-order valence-electron chi connectivity index (χ2n) is 7.31.